The number of thioether (sulfide) groups is 1. The first-order valence-electron chi connectivity index (χ1n) is 8.70. The van der Waals surface area contributed by atoms with Crippen molar-refractivity contribution in [2.75, 3.05) is 18.7 Å². The lowest BCUT2D eigenvalue weighted by Crippen LogP contribution is -2.36. The van der Waals surface area contributed by atoms with Gasteiger partial charge in [-0.05, 0) is 48.2 Å². The summed E-state index contributed by atoms with van der Waals surface area (Å²) in [5.74, 6) is -0.751. The number of carbonyl (C=O) groups excluding carboxylic acids is 3. The summed E-state index contributed by atoms with van der Waals surface area (Å²) in [4.78, 5) is 48.7. The number of halogens is 1. The maximum atomic E-state index is 12.7. The van der Waals surface area contributed by atoms with E-state index in [1.54, 1.807) is 24.3 Å². The summed E-state index contributed by atoms with van der Waals surface area (Å²) in [6.45, 7) is -0.554. The number of nitro groups is 1. The number of rotatable bonds is 5. The van der Waals surface area contributed by atoms with Gasteiger partial charge in [0.2, 0.25) is 12.7 Å². The third kappa shape index (κ3) is 4.39. The van der Waals surface area contributed by atoms with Crippen molar-refractivity contribution in [3.63, 3.8) is 0 Å². The Morgan fingerprint density at radius 2 is 1.90 bits per heavy atom. The Morgan fingerprint density at radius 3 is 2.58 bits per heavy atom. The van der Waals surface area contributed by atoms with Gasteiger partial charge in [-0.3, -0.25) is 29.4 Å². The number of hydrogen-bond acceptors (Lipinski definition) is 8. The van der Waals surface area contributed by atoms with Gasteiger partial charge in [0.1, 0.15) is 6.54 Å². The molecule has 12 heteroatoms. The third-order valence-electron chi connectivity index (χ3n) is 4.31. The molecule has 1 saturated heterocycles. The largest absolute Gasteiger partial charge is 0.454 e. The molecule has 2 aromatic carbocycles. The molecule has 0 aliphatic carbocycles. The number of anilines is 1. The van der Waals surface area contributed by atoms with Gasteiger partial charge in [0.15, 0.2) is 11.5 Å². The van der Waals surface area contributed by atoms with Crippen LogP contribution in [0.4, 0.5) is 16.2 Å². The molecule has 2 heterocycles. The van der Waals surface area contributed by atoms with Crippen LogP contribution >= 0.6 is 27.7 Å². The Hall–Kier alpha value is -3.38. The van der Waals surface area contributed by atoms with Crippen molar-refractivity contribution in [2.45, 2.75) is 0 Å². The number of benzene rings is 2. The average Bonchev–Trinajstić information content (AvgIpc) is 3.28. The number of nitrogens with one attached hydrogen (secondary N) is 1. The van der Waals surface area contributed by atoms with Crippen LogP contribution in [-0.2, 0) is 9.59 Å². The highest BCUT2D eigenvalue weighted by Gasteiger charge is 2.37. The quantitative estimate of drug-likeness (QED) is 0.369. The summed E-state index contributed by atoms with van der Waals surface area (Å²) in [5, 5.41) is 13.4. The second-order valence-corrected chi connectivity index (χ2v) is 8.25. The van der Waals surface area contributed by atoms with Crippen molar-refractivity contribution >= 4 is 62.2 Å². The summed E-state index contributed by atoms with van der Waals surface area (Å²) in [6.07, 6.45) is 1.23. The van der Waals surface area contributed by atoms with Gasteiger partial charge < -0.3 is 14.8 Å². The summed E-state index contributed by atoms with van der Waals surface area (Å²) in [6, 6.07) is 9.36. The van der Waals surface area contributed by atoms with Crippen molar-refractivity contribution in [3.8, 4) is 11.5 Å². The highest BCUT2D eigenvalue weighted by Crippen LogP contribution is 2.40. The molecule has 2 aromatic rings. The number of amides is 3. The molecule has 3 amide bonds. The second-order valence-electron chi connectivity index (χ2n) is 6.34. The molecule has 2 aliphatic rings. The number of imide groups is 1. The fourth-order valence-electron chi connectivity index (χ4n) is 2.88. The minimum absolute atomic E-state index is 0.0385. The molecular formula is C19H12BrN3O7S. The Kier molecular flexibility index (Phi) is 5.65. The number of fused-ring (bicyclic) bond motifs is 1. The van der Waals surface area contributed by atoms with E-state index in [4.69, 9.17) is 9.47 Å². The van der Waals surface area contributed by atoms with E-state index in [1.807, 2.05) is 0 Å². The molecule has 0 radical (unpaired) electrons. The standard InChI is InChI=1S/C19H12BrN3O7S/c20-11-1-3-12(4-2-11)21-17(24)8-22-18(25)16(31-19(22)26)6-10-5-14-15(30-9-29-14)7-13(10)23(27)28/h1-7H,8-9H2,(H,21,24)/b16-6-. The highest BCUT2D eigenvalue weighted by molar-refractivity contribution is 9.10. The summed E-state index contributed by atoms with van der Waals surface area (Å²) < 4.78 is 11.2. The van der Waals surface area contributed by atoms with Gasteiger partial charge in [0.05, 0.1) is 21.5 Å². The van der Waals surface area contributed by atoms with Crippen molar-refractivity contribution in [1.82, 2.24) is 4.90 Å². The van der Waals surface area contributed by atoms with E-state index in [0.717, 1.165) is 9.37 Å². The van der Waals surface area contributed by atoms with Crippen molar-refractivity contribution in [1.29, 1.82) is 0 Å². The highest BCUT2D eigenvalue weighted by atomic mass is 79.9. The minimum Gasteiger partial charge on any atom is -0.454 e. The minimum atomic E-state index is -0.715. The molecule has 0 bridgehead atoms. The zero-order valence-electron chi connectivity index (χ0n) is 15.5. The zero-order chi connectivity index (χ0) is 22.1. The lowest BCUT2D eigenvalue weighted by molar-refractivity contribution is -0.385. The van der Waals surface area contributed by atoms with Crippen LogP contribution in [0, 0.1) is 10.1 Å². The lowest BCUT2D eigenvalue weighted by atomic mass is 10.1. The van der Waals surface area contributed by atoms with E-state index in [2.05, 4.69) is 21.2 Å². The topological polar surface area (TPSA) is 128 Å². The number of hydrogen-bond donors (Lipinski definition) is 1. The molecule has 0 aromatic heterocycles. The van der Waals surface area contributed by atoms with E-state index in [1.165, 1.54) is 18.2 Å². The van der Waals surface area contributed by atoms with E-state index < -0.39 is 28.5 Å². The molecule has 2 aliphatic heterocycles. The Bertz CT molecular complexity index is 1150. The summed E-state index contributed by atoms with van der Waals surface area (Å²) in [5.41, 5.74) is 0.287. The third-order valence-corrected chi connectivity index (χ3v) is 5.74. The van der Waals surface area contributed by atoms with E-state index >= 15 is 0 Å². The maximum Gasteiger partial charge on any atom is 0.294 e. The van der Waals surface area contributed by atoms with Crippen molar-refractivity contribution in [2.24, 2.45) is 0 Å². The SMILES string of the molecule is O=C(CN1C(=O)S/C(=C\c2cc3c(cc2[N+](=O)[O-])OCO3)C1=O)Nc1ccc(Br)cc1. The zero-order valence-corrected chi connectivity index (χ0v) is 17.9. The number of carbonyl (C=O) groups is 3. The summed E-state index contributed by atoms with van der Waals surface area (Å²) >= 11 is 3.88. The second kappa shape index (κ2) is 8.40. The van der Waals surface area contributed by atoms with E-state index in [0.29, 0.717) is 23.2 Å². The molecule has 1 N–H and O–H groups in total. The van der Waals surface area contributed by atoms with Gasteiger partial charge in [-0.25, -0.2) is 0 Å². The molecule has 0 atom stereocenters. The van der Waals surface area contributed by atoms with Crippen LogP contribution in [-0.4, -0.2) is 40.2 Å². The van der Waals surface area contributed by atoms with Gasteiger partial charge in [0, 0.05) is 10.2 Å². The predicted octanol–water partition coefficient (Wildman–Crippen LogP) is 3.76. The van der Waals surface area contributed by atoms with Crippen LogP contribution in [0.3, 0.4) is 0 Å². The first-order valence-corrected chi connectivity index (χ1v) is 10.3. The van der Waals surface area contributed by atoms with E-state index in [-0.39, 0.29) is 28.7 Å². The molecule has 1 fully saturated rings. The normalized spacial score (nSPS) is 16.2. The molecule has 158 valence electrons. The monoisotopic (exact) mass is 505 g/mol. The lowest BCUT2D eigenvalue weighted by Gasteiger charge is -2.12. The number of nitrogens with zero attached hydrogens (tertiary/aromatic N) is 2. The first kappa shape index (κ1) is 20.9. The maximum absolute atomic E-state index is 12.7. The number of ether oxygens (including phenoxy) is 2. The van der Waals surface area contributed by atoms with Gasteiger partial charge in [-0.1, -0.05) is 15.9 Å². The smallest absolute Gasteiger partial charge is 0.294 e. The van der Waals surface area contributed by atoms with Gasteiger partial charge >= 0.3 is 0 Å². The fourth-order valence-corrected chi connectivity index (χ4v) is 3.97. The molecule has 0 spiro atoms. The number of nitro benzene ring substituents is 1. The fraction of sp³-hybridized carbons (Fsp3) is 0.105. The Morgan fingerprint density at radius 1 is 1.23 bits per heavy atom. The molecule has 4 rings (SSSR count). The summed E-state index contributed by atoms with van der Waals surface area (Å²) in [7, 11) is 0. The van der Waals surface area contributed by atoms with Crippen LogP contribution in [0.15, 0.2) is 45.8 Å². The van der Waals surface area contributed by atoms with Crippen molar-refractivity contribution < 1.29 is 28.8 Å². The Labute approximate surface area is 187 Å². The van der Waals surface area contributed by atoms with Crippen LogP contribution in [0.2, 0.25) is 0 Å². The van der Waals surface area contributed by atoms with E-state index in [9.17, 15) is 24.5 Å². The van der Waals surface area contributed by atoms with Crippen LogP contribution < -0.4 is 14.8 Å². The molecular weight excluding hydrogens is 494 g/mol. The molecule has 0 unspecified atom stereocenters. The molecule has 10 nitrogen and oxygen atoms in total. The molecule has 31 heavy (non-hydrogen) atoms. The van der Waals surface area contributed by atoms with Gasteiger partial charge in [-0.2, -0.15) is 0 Å². The van der Waals surface area contributed by atoms with Crippen molar-refractivity contribution in [3.05, 3.63) is 61.5 Å². The predicted molar refractivity (Wildman–Crippen MR) is 115 cm³/mol. The van der Waals surface area contributed by atoms with Gasteiger partial charge in [-0.15, -0.1) is 0 Å². The molecule has 0 saturated carbocycles. The van der Waals surface area contributed by atoms with Crippen LogP contribution in [0.25, 0.3) is 6.08 Å². The van der Waals surface area contributed by atoms with Gasteiger partial charge in [0.25, 0.3) is 16.8 Å². The van der Waals surface area contributed by atoms with Crippen LogP contribution in [0.5, 0.6) is 11.5 Å². The first-order chi connectivity index (χ1) is 14.8. The average molecular weight is 506 g/mol. The van der Waals surface area contributed by atoms with Crippen LogP contribution in [0.1, 0.15) is 5.56 Å². The Balaban J connectivity index is 1.53.